The van der Waals surface area contributed by atoms with Crippen LogP contribution in [0, 0.1) is 0 Å². The van der Waals surface area contributed by atoms with Crippen molar-refractivity contribution in [1.29, 1.82) is 0 Å². The molecule has 0 bridgehead atoms. The zero-order valence-corrected chi connectivity index (χ0v) is 12.3. The van der Waals surface area contributed by atoms with Crippen molar-refractivity contribution in [3.05, 3.63) is 65.2 Å². The molecule has 2 nitrogen and oxygen atoms in total. The molecule has 1 unspecified atom stereocenters. The summed E-state index contributed by atoms with van der Waals surface area (Å²) in [6.45, 7) is 0. The Hall–Kier alpha value is -2.22. The lowest BCUT2D eigenvalue weighted by molar-refractivity contribution is -0.248. The fraction of sp³-hybridized carbons (Fsp3) is 0.250. The van der Waals surface area contributed by atoms with Crippen molar-refractivity contribution in [3.63, 3.8) is 0 Å². The maximum atomic E-state index is 13.5. The molecule has 24 heavy (non-hydrogen) atoms. The summed E-state index contributed by atoms with van der Waals surface area (Å²) in [4.78, 5) is 0. The number of aliphatic hydroxyl groups is 1. The minimum Gasteiger partial charge on any atom is -0.388 e. The Bertz CT molecular complexity index is 708. The summed E-state index contributed by atoms with van der Waals surface area (Å²) in [5.41, 5.74) is -5.81. The molecule has 1 atom stereocenters. The van der Waals surface area contributed by atoms with E-state index < -0.39 is 34.6 Å². The Balaban J connectivity index is 2.64. The van der Waals surface area contributed by atoms with E-state index in [4.69, 9.17) is 0 Å². The van der Waals surface area contributed by atoms with Crippen molar-refractivity contribution in [2.75, 3.05) is 12.4 Å². The molecule has 0 heterocycles. The van der Waals surface area contributed by atoms with E-state index in [-0.39, 0.29) is 0 Å². The highest BCUT2D eigenvalue weighted by atomic mass is 19.4. The highest BCUT2D eigenvalue weighted by Crippen LogP contribution is 2.45. The first kappa shape index (κ1) is 18.1. The molecule has 2 rings (SSSR count). The summed E-state index contributed by atoms with van der Waals surface area (Å²) < 4.78 is 79.0. The van der Waals surface area contributed by atoms with Crippen LogP contribution in [0.2, 0.25) is 0 Å². The van der Waals surface area contributed by atoms with Crippen LogP contribution in [0.25, 0.3) is 0 Å². The Morgan fingerprint density at radius 3 is 1.79 bits per heavy atom. The van der Waals surface area contributed by atoms with Gasteiger partial charge in [0.05, 0.1) is 5.56 Å². The van der Waals surface area contributed by atoms with Crippen LogP contribution in [-0.2, 0) is 11.8 Å². The van der Waals surface area contributed by atoms with E-state index in [1.54, 1.807) is 7.05 Å². The Morgan fingerprint density at radius 1 is 0.792 bits per heavy atom. The topological polar surface area (TPSA) is 32.3 Å². The number of benzene rings is 2. The molecule has 0 amide bonds. The van der Waals surface area contributed by atoms with Gasteiger partial charge in [0.25, 0.3) is 0 Å². The first-order valence-corrected chi connectivity index (χ1v) is 6.75. The van der Waals surface area contributed by atoms with E-state index in [9.17, 15) is 31.4 Å². The van der Waals surface area contributed by atoms with Crippen molar-refractivity contribution in [3.8, 4) is 0 Å². The van der Waals surface area contributed by atoms with Crippen molar-refractivity contribution >= 4 is 5.69 Å². The third kappa shape index (κ3) is 3.19. The van der Waals surface area contributed by atoms with Crippen molar-refractivity contribution < 1.29 is 31.4 Å². The second-order valence-electron chi connectivity index (χ2n) is 5.11. The lowest BCUT2D eigenvalue weighted by Gasteiger charge is -2.32. The molecular weight excluding hydrogens is 336 g/mol. The number of hydrogen-bond donors (Lipinski definition) is 2. The fourth-order valence-electron chi connectivity index (χ4n) is 2.29. The van der Waals surface area contributed by atoms with Gasteiger partial charge < -0.3 is 10.4 Å². The summed E-state index contributed by atoms with van der Waals surface area (Å²) in [6.07, 6.45) is -10.0. The van der Waals surface area contributed by atoms with Crippen LogP contribution in [-0.4, -0.2) is 18.3 Å². The van der Waals surface area contributed by atoms with E-state index in [1.165, 1.54) is 12.1 Å². The second-order valence-corrected chi connectivity index (χ2v) is 5.11. The first-order valence-electron chi connectivity index (χ1n) is 6.75. The lowest BCUT2D eigenvalue weighted by atomic mass is 9.84. The molecule has 2 aromatic carbocycles. The van der Waals surface area contributed by atoms with E-state index in [0.717, 1.165) is 24.3 Å². The van der Waals surface area contributed by atoms with Gasteiger partial charge in [-0.3, -0.25) is 0 Å². The minimum absolute atomic E-state index is 0.305. The molecule has 0 aliphatic heterocycles. The third-order valence-electron chi connectivity index (χ3n) is 3.61. The monoisotopic (exact) mass is 349 g/mol. The van der Waals surface area contributed by atoms with Crippen molar-refractivity contribution in [1.82, 2.24) is 0 Å². The van der Waals surface area contributed by atoms with Gasteiger partial charge in [-0.25, -0.2) is 0 Å². The number of hydrogen-bond acceptors (Lipinski definition) is 2. The number of rotatable bonds is 3. The predicted molar refractivity (Wildman–Crippen MR) is 76.5 cm³/mol. The van der Waals surface area contributed by atoms with Gasteiger partial charge in [-0.15, -0.1) is 0 Å². The van der Waals surface area contributed by atoms with Gasteiger partial charge in [-0.05, 0) is 35.4 Å². The van der Waals surface area contributed by atoms with E-state index in [2.05, 4.69) is 5.32 Å². The highest BCUT2D eigenvalue weighted by molar-refractivity contribution is 5.48. The van der Waals surface area contributed by atoms with Crippen molar-refractivity contribution in [2.45, 2.75) is 18.0 Å². The first-order chi connectivity index (χ1) is 11.0. The molecule has 0 saturated carbocycles. The van der Waals surface area contributed by atoms with E-state index in [1.807, 2.05) is 0 Å². The van der Waals surface area contributed by atoms with Gasteiger partial charge in [0, 0.05) is 12.7 Å². The van der Waals surface area contributed by atoms with Gasteiger partial charge in [-0.1, -0.05) is 24.3 Å². The number of alkyl halides is 6. The summed E-state index contributed by atoms with van der Waals surface area (Å²) >= 11 is 0. The zero-order valence-electron chi connectivity index (χ0n) is 12.3. The predicted octanol–water partition coefficient (Wildman–Crippen LogP) is 4.55. The van der Waals surface area contributed by atoms with Gasteiger partial charge >= 0.3 is 12.4 Å². The SMILES string of the molecule is CNc1ccc(C(O)(c2cccc(C(F)(F)F)c2)C(F)(F)F)cc1. The van der Waals surface area contributed by atoms with Gasteiger partial charge in [-0.2, -0.15) is 26.3 Å². The Kier molecular flexibility index (Phi) is 4.54. The fourth-order valence-corrected chi connectivity index (χ4v) is 2.29. The molecule has 0 radical (unpaired) electrons. The average molecular weight is 349 g/mol. The molecular formula is C16H13F6NO. The average Bonchev–Trinajstić information content (AvgIpc) is 2.52. The summed E-state index contributed by atoms with van der Waals surface area (Å²) in [5.74, 6) is 0. The lowest BCUT2D eigenvalue weighted by Crippen LogP contribution is -2.43. The molecule has 2 N–H and O–H groups in total. The van der Waals surface area contributed by atoms with Crippen LogP contribution >= 0.6 is 0 Å². The highest BCUT2D eigenvalue weighted by Gasteiger charge is 2.56. The Labute approximate surface area is 133 Å². The maximum absolute atomic E-state index is 13.5. The van der Waals surface area contributed by atoms with Crippen LogP contribution in [0.3, 0.4) is 0 Å². The van der Waals surface area contributed by atoms with E-state index >= 15 is 0 Å². The summed E-state index contributed by atoms with van der Waals surface area (Å²) in [5, 5.41) is 13.0. The molecule has 0 fully saturated rings. The molecule has 130 valence electrons. The largest absolute Gasteiger partial charge is 0.425 e. The molecule has 0 saturated heterocycles. The summed E-state index contributed by atoms with van der Waals surface area (Å²) in [6, 6.07) is 7.20. The van der Waals surface area contributed by atoms with Crippen LogP contribution in [0.1, 0.15) is 16.7 Å². The van der Waals surface area contributed by atoms with Gasteiger partial charge in [0.1, 0.15) is 0 Å². The quantitative estimate of drug-likeness (QED) is 0.797. The zero-order chi connectivity index (χ0) is 18.2. The maximum Gasteiger partial charge on any atom is 0.425 e. The van der Waals surface area contributed by atoms with Gasteiger partial charge in [0.15, 0.2) is 0 Å². The molecule has 0 aromatic heterocycles. The number of halogens is 6. The van der Waals surface area contributed by atoms with Crippen LogP contribution in [0.4, 0.5) is 32.0 Å². The Morgan fingerprint density at radius 2 is 1.33 bits per heavy atom. The molecule has 8 heteroatoms. The third-order valence-corrected chi connectivity index (χ3v) is 3.61. The number of anilines is 1. The molecule has 2 aromatic rings. The smallest absolute Gasteiger partial charge is 0.388 e. The van der Waals surface area contributed by atoms with Crippen molar-refractivity contribution in [2.24, 2.45) is 0 Å². The van der Waals surface area contributed by atoms with Crippen LogP contribution in [0.15, 0.2) is 48.5 Å². The van der Waals surface area contributed by atoms with E-state index in [0.29, 0.717) is 17.8 Å². The van der Waals surface area contributed by atoms with Crippen LogP contribution in [0.5, 0.6) is 0 Å². The number of nitrogens with one attached hydrogen (secondary N) is 1. The second kappa shape index (κ2) is 6.01. The normalized spacial score (nSPS) is 15.0. The summed E-state index contributed by atoms with van der Waals surface area (Å²) in [7, 11) is 1.55. The minimum atomic E-state index is -5.21. The van der Waals surface area contributed by atoms with Crippen LogP contribution < -0.4 is 5.32 Å². The molecule has 0 spiro atoms. The standard InChI is InChI=1S/C16H13F6NO/c1-23-13-7-5-10(6-8-13)14(24,16(20,21)22)11-3-2-4-12(9-11)15(17,18)19/h2-9,23-24H,1H3. The molecule has 0 aliphatic carbocycles. The molecule has 0 aliphatic rings. The van der Waals surface area contributed by atoms with Gasteiger partial charge in [0.2, 0.25) is 5.60 Å².